The third-order valence-corrected chi connectivity index (χ3v) is 4.09. The molecule has 1 unspecified atom stereocenters. The zero-order valence-electron chi connectivity index (χ0n) is 9.52. The van der Waals surface area contributed by atoms with E-state index >= 15 is 0 Å². The smallest absolute Gasteiger partial charge is 0.121 e. The first-order chi connectivity index (χ1) is 8.31. The number of furan rings is 1. The van der Waals surface area contributed by atoms with Crippen molar-refractivity contribution in [1.29, 1.82) is 0 Å². The quantitative estimate of drug-likeness (QED) is 0.830. The Morgan fingerprint density at radius 1 is 1.29 bits per heavy atom. The Labute approximate surface area is 110 Å². The van der Waals surface area contributed by atoms with E-state index in [4.69, 9.17) is 16.0 Å². The Hall–Kier alpha value is -0.900. The largest absolute Gasteiger partial charge is 0.468 e. The lowest BCUT2D eigenvalue weighted by atomic mass is 10.2. The normalized spacial score (nSPS) is 12.6. The summed E-state index contributed by atoms with van der Waals surface area (Å²) in [6.07, 6.45) is 1.69. The number of nitrogens with one attached hydrogen (secondary N) is 1. The van der Waals surface area contributed by atoms with Crippen LogP contribution in [0.3, 0.4) is 0 Å². The fourth-order valence-electron chi connectivity index (χ4n) is 1.53. The van der Waals surface area contributed by atoms with Gasteiger partial charge in [-0.25, -0.2) is 0 Å². The molecular weight excluding hydrogens is 254 g/mol. The van der Waals surface area contributed by atoms with Crippen LogP contribution in [0.15, 0.2) is 52.0 Å². The third-order valence-electron chi connectivity index (χ3n) is 2.48. The van der Waals surface area contributed by atoms with Gasteiger partial charge < -0.3 is 9.73 Å². The Morgan fingerprint density at radius 3 is 2.76 bits per heavy atom. The predicted octanol–water partition coefficient (Wildman–Crippen LogP) is 3.99. The van der Waals surface area contributed by atoms with E-state index < -0.39 is 0 Å². The van der Waals surface area contributed by atoms with Gasteiger partial charge in [0.15, 0.2) is 0 Å². The Balaban J connectivity index is 2.00. The van der Waals surface area contributed by atoms with E-state index in [1.807, 2.05) is 43.4 Å². The summed E-state index contributed by atoms with van der Waals surface area (Å²) in [5.41, 5.74) is 0. The lowest BCUT2D eigenvalue weighted by molar-refractivity contribution is 0.453. The zero-order valence-corrected chi connectivity index (χ0v) is 11.1. The van der Waals surface area contributed by atoms with Crippen molar-refractivity contribution in [1.82, 2.24) is 5.32 Å². The SMILES string of the molecule is CNC(CSc1ccccc1Cl)c1ccco1. The molecule has 1 aromatic heterocycles. The molecule has 2 rings (SSSR count). The highest BCUT2D eigenvalue weighted by molar-refractivity contribution is 7.99. The number of rotatable bonds is 5. The molecule has 0 aliphatic heterocycles. The number of hydrogen-bond acceptors (Lipinski definition) is 3. The molecule has 0 amide bonds. The molecule has 4 heteroatoms. The number of hydrogen-bond donors (Lipinski definition) is 1. The van der Waals surface area contributed by atoms with Crippen LogP contribution in [0.5, 0.6) is 0 Å². The van der Waals surface area contributed by atoms with Gasteiger partial charge in [-0.05, 0) is 31.3 Å². The fraction of sp³-hybridized carbons (Fsp3) is 0.231. The van der Waals surface area contributed by atoms with E-state index in [1.54, 1.807) is 18.0 Å². The van der Waals surface area contributed by atoms with Crippen LogP contribution in [0, 0.1) is 0 Å². The third kappa shape index (κ3) is 3.28. The second-order valence-electron chi connectivity index (χ2n) is 3.60. The summed E-state index contributed by atoms with van der Waals surface area (Å²) in [5.74, 6) is 1.83. The summed E-state index contributed by atoms with van der Waals surface area (Å²) in [6, 6.07) is 12.0. The fourth-order valence-corrected chi connectivity index (χ4v) is 2.89. The molecule has 0 fully saturated rings. The number of halogens is 1. The van der Waals surface area contributed by atoms with Gasteiger partial charge in [0.2, 0.25) is 0 Å². The van der Waals surface area contributed by atoms with Gasteiger partial charge in [-0.3, -0.25) is 0 Å². The van der Waals surface area contributed by atoms with E-state index in [-0.39, 0.29) is 6.04 Å². The average molecular weight is 268 g/mol. The monoisotopic (exact) mass is 267 g/mol. The van der Waals surface area contributed by atoms with Crippen LogP contribution < -0.4 is 5.32 Å². The Kier molecular flexibility index (Phi) is 4.54. The maximum Gasteiger partial charge on any atom is 0.121 e. The van der Waals surface area contributed by atoms with Crippen molar-refractivity contribution in [3.05, 3.63) is 53.4 Å². The maximum absolute atomic E-state index is 6.11. The van der Waals surface area contributed by atoms with E-state index in [2.05, 4.69) is 5.32 Å². The first kappa shape index (κ1) is 12.6. The summed E-state index contributed by atoms with van der Waals surface area (Å²) < 4.78 is 5.40. The predicted molar refractivity (Wildman–Crippen MR) is 72.7 cm³/mol. The van der Waals surface area contributed by atoms with E-state index in [1.165, 1.54) is 0 Å². The average Bonchev–Trinajstić information content (AvgIpc) is 2.86. The van der Waals surface area contributed by atoms with Crippen molar-refractivity contribution >= 4 is 23.4 Å². The van der Waals surface area contributed by atoms with Crippen molar-refractivity contribution in [2.75, 3.05) is 12.8 Å². The second kappa shape index (κ2) is 6.15. The summed E-state index contributed by atoms with van der Waals surface area (Å²) >= 11 is 7.83. The molecule has 0 aliphatic carbocycles. The molecule has 0 saturated heterocycles. The number of benzene rings is 1. The van der Waals surface area contributed by atoms with Crippen LogP contribution in [0.25, 0.3) is 0 Å². The van der Waals surface area contributed by atoms with E-state index in [0.717, 1.165) is 21.4 Å². The first-order valence-corrected chi connectivity index (χ1v) is 6.75. The Bertz CT molecular complexity index is 458. The van der Waals surface area contributed by atoms with E-state index in [0.29, 0.717) is 0 Å². The van der Waals surface area contributed by atoms with Crippen LogP contribution in [-0.2, 0) is 0 Å². The zero-order chi connectivity index (χ0) is 12.1. The minimum atomic E-state index is 0.200. The molecule has 0 bridgehead atoms. The molecule has 1 heterocycles. The van der Waals surface area contributed by atoms with Gasteiger partial charge in [0.1, 0.15) is 5.76 Å². The van der Waals surface area contributed by atoms with Crippen LogP contribution in [0.1, 0.15) is 11.8 Å². The van der Waals surface area contributed by atoms with Gasteiger partial charge in [0, 0.05) is 10.6 Å². The minimum Gasteiger partial charge on any atom is -0.468 e. The maximum atomic E-state index is 6.11. The van der Waals surface area contributed by atoms with Crippen LogP contribution in [0.4, 0.5) is 0 Å². The van der Waals surface area contributed by atoms with Crippen molar-refractivity contribution in [3.63, 3.8) is 0 Å². The summed E-state index contributed by atoms with van der Waals surface area (Å²) in [5, 5.41) is 4.03. The summed E-state index contributed by atoms with van der Waals surface area (Å²) in [4.78, 5) is 1.10. The molecule has 2 aromatic rings. The second-order valence-corrected chi connectivity index (χ2v) is 5.07. The van der Waals surface area contributed by atoms with Crippen molar-refractivity contribution in [3.8, 4) is 0 Å². The Morgan fingerprint density at radius 2 is 2.12 bits per heavy atom. The molecule has 0 aliphatic rings. The molecule has 0 radical (unpaired) electrons. The molecule has 1 atom stereocenters. The highest BCUT2D eigenvalue weighted by atomic mass is 35.5. The highest BCUT2D eigenvalue weighted by Crippen LogP contribution is 2.30. The van der Waals surface area contributed by atoms with Gasteiger partial charge in [0.05, 0.1) is 17.3 Å². The van der Waals surface area contributed by atoms with Gasteiger partial charge >= 0.3 is 0 Å². The van der Waals surface area contributed by atoms with E-state index in [9.17, 15) is 0 Å². The van der Waals surface area contributed by atoms with Crippen molar-refractivity contribution in [2.24, 2.45) is 0 Å². The summed E-state index contributed by atoms with van der Waals surface area (Å²) in [6.45, 7) is 0. The molecule has 90 valence electrons. The van der Waals surface area contributed by atoms with Gasteiger partial charge in [-0.15, -0.1) is 11.8 Å². The molecule has 0 spiro atoms. The van der Waals surface area contributed by atoms with Crippen LogP contribution >= 0.6 is 23.4 Å². The first-order valence-electron chi connectivity index (χ1n) is 5.39. The van der Waals surface area contributed by atoms with Crippen molar-refractivity contribution < 1.29 is 4.42 Å². The van der Waals surface area contributed by atoms with Gasteiger partial charge in [-0.2, -0.15) is 0 Å². The van der Waals surface area contributed by atoms with Gasteiger partial charge in [-0.1, -0.05) is 23.7 Å². The van der Waals surface area contributed by atoms with Gasteiger partial charge in [0.25, 0.3) is 0 Å². The standard InChI is InChI=1S/C13H14ClNOS/c1-15-11(12-6-4-8-16-12)9-17-13-7-3-2-5-10(13)14/h2-8,11,15H,9H2,1H3. The molecular formula is C13H14ClNOS. The van der Waals surface area contributed by atoms with Crippen molar-refractivity contribution in [2.45, 2.75) is 10.9 Å². The molecule has 17 heavy (non-hydrogen) atoms. The summed E-state index contributed by atoms with van der Waals surface area (Å²) in [7, 11) is 1.93. The molecule has 1 aromatic carbocycles. The molecule has 0 saturated carbocycles. The number of thioether (sulfide) groups is 1. The molecule has 2 nitrogen and oxygen atoms in total. The topological polar surface area (TPSA) is 25.2 Å². The highest BCUT2D eigenvalue weighted by Gasteiger charge is 2.12. The minimum absolute atomic E-state index is 0.200. The lowest BCUT2D eigenvalue weighted by Crippen LogP contribution is -2.17. The van der Waals surface area contributed by atoms with Crippen LogP contribution in [-0.4, -0.2) is 12.8 Å². The lowest BCUT2D eigenvalue weighted by Gasteiger charge is -2.13. The molecule has 1 N–H and O–H groups in total. The van der Waals surface area contributed by atoms with Crippen LogP contribution in [0.2, 0.25) is 5.02 Å².